The molecule has 0 radical (unpaired) electrons. The van der Waals surface area contributed by atoms with Gasteiger partial charge in [-0.25, -0.2) is 13.1 Å². The summed E-state index contributed by atoms with van der Waals surface area (Å²) in [4.78, 5) is 12.3. The van der Waals surface area contributed by atoms with E-state index < -0.39 is 20.5 Å². The van der Waals surface area contributed by atoms with Gasteiger partial charge in [0.2, 0.25) is 10.0 Å². The van der Waals surface area contributed by atoms with Gasteiger partial charge in [-0.2, -0.15) is 0 Å². The van der Waals surface area contributed by atoms with E-state index >= 15 is 0 Å². The highest BCUT2D eigenvalue weighted by Crippen LogP contribution is 2.44. The number of hydrogen-bond acceptors (Lipinski definition) is 8. The molecule has 1 aliphatic carbocycles. The molecule has 1 aromatic carbocycles. The monoisotopic (exact) mass is 479 g/mol. The van der Waals surface area contributed by atoms with Gasteiger partial charge in [-0.15, -0.1) is 21.5 Å². The standard InChI is InChI=1S/C19H21N5O4S3/c1-19(2,3)22-31(27,28)13-8-9-15(14(11-13)24(25)26)30-18-21-20-17(16-5-4-10-29-16)23(18)12-6-7-12/h4-5,8-12,22H,6-7H2,1-3H3. The molecule has 1 aliphatic rings. The molecule has 1 fully saturated rings. The molecule has 2 aromatic heterocycles. The van der Waals surface area contributed by atoms with Crippen LogP contribution < -0.4 is 4.72 Å². The first-order chi connectivity index (χ1) is 14.5. The minimum absolute atomic E-state index is 0.151. The van der Waals surface area contributed by atoms with Crippen molar-refractivity contribution in [1.29, 1.82) is 0 Å². The highest BCUT2D eigenvalue weighted by molar-refractivity contribution is 7.99. The van der Waals surface area contributed by atoms with Crippen LogP contribution in [0.5, 0.6) is 0 Å². The summed E-state index contributed by atoms with van der Waals surface area (Å²) in [7, 11) is -3.90. The van der Waals surface area contributed by atoms with Crippen molar-refractivity contribution in [1.82, 2.24) is 19.5 Å². The summed E-state index contributed by atoms with van der Waals surface area (Å²) in [5.74, 6) is 0.747. The van der Waals surface area contributed by atoms with E-state index in [2.05, 4.69) is 14.9 Å². The first-order valence-corrected chi connectivity index (χ1v) is 12.7. The molecule has 9 nitrogen and oxygen atoms in total. The third-order valence-electron chi connectivity index (χ3n) is 4.40. The van der Waals surface area contributed by atoms with Crippen LogP contribution in [0.3, 0.4) is 0 Å². The van der Waals surface area contributed by atoms with Gasteiger partial charge in [-0.1, -0.05) is 6.07 Å². The third kappa shape index (κ3) is 4.81. The number of nitrogens with one attached hydrogen (secondary N) is 1. The molecule has 31 heavy (non-hydrogen) atoms. The molecule has 1 N–H and O–H groups in total. The molecule has 1 saturated carbocycles. The van der Waals surface area contributed by atoms with Crippen molar-refractivity contribution in [3.63, 3.8) is 0 Å². The Morgan fingerprint density at radius 3 is 2.58 bits per heavy atom. The van der Waals surface area contributed by atoms with Crippen LogP contribution in [-0.4, -0.2) is 33.6 Å². The highest BCUT2D eigenvalue weighted by atomic mass is 32.2. The summed E-state index contributed by atoms with van der Waals surface area (Å²) >= 11 is 2.68. The van der Waals surface area contributed by atoms with Crippen LogP contribution in [0.15, 0.2) is 50.7 Å². The van der Waals surface area contributed by atoms with Crippen LogP contribution >= 0.6 is 23.1 Å². The van der Waals surface area contributed by atoms with Crippen LogP contribution in [-0.2, 0) is 10.0 Å². The average molecular weight is 480 g/mol. The number of nitrogens with zero attached hydrogens (tertiary/aromatic N) is 4. The Morgan fingerprint density at radius 1 is 1.26 bits per heavy atom. The third-order valence-corrected chi connectivity index (χ3v) is 8.04. The summed E-state index contributed by atoms with van der Waals surface area (Å²) in [5.41, 5.74) is -0.996. The minimum atomic E-state index is -3.90. The summed E-state index contributed by atoms with van der Waals surface area (Å²) in [6, 6.07) is 8.09. The number of hydrogen-bond donors (Lipinski definition) is 1. The highest BCUT2D eigenvalue weighted by Gasteiger charge is 2.32. The van der Waals surface area contributed by atoms with Crippen molar-refractivity contribution >= 4 is 38.8 Å². The number of benzene rings is 1. The van der Waals surface area contributed by atoms with Gasteiger partial charge in [0.1, 0.15) is 0 Å². The second-order valence-corrected chi connectivity index (χ2v) is 11.9. The van der Waals surface area contributed by atoms with Crippen molar-refractivity contribution < 1.29 is 13.3 Å². The van der Waals surface area contributed by atoms with Gasteiger partial charge < -0.3 is 0 Å². The van der Waals surface area contributed by atoms with Crippen LogP contribution in [0.25, 0.3) is 10.7 Å². The maximum absolute atomic E-state index is 12.6. The van der Waals surface area contributed by atoms with Gasteiger partial charge >= 0.3 is 0 Å². The quantitative estimate of drug-likeness (QED) is 0.392. The molecule has 0 amide bonds. The van der Waals surface area contributed by atoms with Crippen LogP contribution in [0.1, 0.15) is 39.7 Å². The molecule has 0 aliphatic heterocycles. The molecule has 164 valence electrons. The first kappa shape index (κ1) is 21.9. The number of aromatic nitrogens is 3. The summed E-state index contributed by atoms with van der Waals surface area (Å²) < 4.78 is 29.8. The number of rotatable bonds is 7. The smallest absolute Gasteiger partial charge is 0.284 e. The SMILES string of the molecule is CC(C)(C)NS(=O)(=O)c1ccc(Sc2nnc(-c3cccs3)n2C2CC2)c([N+](=O)[O-])c1. The summed E-state index contributed by atoms with van der Waals surface area (Å²) in [5, 5.41) is 22.8. The normalized spacial score (nSPS) is 14.7. The van der Waals surface area contributed by atoms with Crippen molar-refractivity contribution in [2.75, 3.05) is 0 Å². The van der Waals surface area contributed by atoms with Crippen molar-refractivity contribution in [3.05, 3.63) is 45.8 Å². The molecule has 0 saturated heterocycles. The predicted molar refractivity (Wildman–Crippen MR) is 119 cm³/mol. The summed E-state index contributed by atoms with van der Waals surface area (Å²) in [6.07, 6.45) is 2.00. The van der Waals surface area contributed by atoms with Gasteiger partial charge in [-0.05, 0) is 69.0 Å². The van der Waals surface area contributed by atoms with Gasteiger partial charge in [0.25, 0.3) is 5.69 Å². The Kier molecular flexibility index (Phi) is 5.66. The van der Waals surface area contributed by atoms with Crippen molar-refractivity contribution in [2.24, 2.45) is 0 Å². The molecule has 2 heterocycles. The maximum Gasteiger partial charge on any atom is 0.284 e. The zero-order chi connectivity index (χ0) is 22.4. The first-order valence-electron chi connectivity index (χ1n) is 9.54. The van der Waals surface area contributed by atoms with E-state index in [1.54, 1.807) is 32.1 Å². The van der Waals surface area contributed by atoms with E-state index in [-0.39, 0.29) is 16.6 Å². The van der Waals surface area contributed by atoms with E-state index in [1.165, 1.54) is 12.1 Å². The average Bonchev–Trinajstić information content (AvgIpc) is 3.19. The molecule has 0 unspecified atom stereocenters. The van der Waals surface area contributed by atoms with E-state index in [0.717, 1.165) is 41.4 Å². The fraction of sp³-hybridized carbons (Fsp3) is 0.368. The molecule has 12 heteroatoms. The summed E-state index contributed by atoms with van der Waals surface area (Å²) in [6.45, 7) is 5.12. The van der Waals surface area contributed by atoms with E-state index in [1.807, 2.05) is 22.1 Å². The Bertz CT molecular complexity index is 1230. The lowest BCUT2D eigenvalue weighted by molar-refractivity contribution is -0.388. The van der Waals surface area contributed by atoms with Gasteiger partial charge in [0.15, 0.2) is 11.0 Å². The zero-order valence-electron chi connectivity index (χ0n) is 17.1. The van der Waals surface area contributed by atoms with E-state index in [4.69, 9.17) is 0 Å². The molecule has 0 spiro atoms. The lowest BCUT2D eigenvalue weighted by Gasteiger charge is -2.20. The fourth-order valence-electron chi connectivity index (χ4n) is 3.04. The topological polar surface area (TPSA) is 120 Å². The number of nitro groups is 1. The van der Waals surface area contributed by atoms with Gasteiger partial charge in [0.05, 0.1) is 19.6 Å². The minimum Gasteiger partial charge on any atom is -0.298 e. The molecular weight excluding hydrogens is 458 g/mol. The molecule has 3 aromatic rings. The van der Waals surface area contributed by atoms with Crippen molar-refractivity contribution in [3.8, 4) is 10.7 Å². The van der Waals surface area contributed by atoms with E-state index in [0.29, 0.717) is 10.1 Å². The Hall–Kier alpha value is -2.28. The second kappa shape index (κ2) is 8.01. The number of sulfonamides is 1. The van der Waals surface area contributed by atoms with Crippen molar-refractivity contribution in [2.45, 2.75) is 60.1 Å². The Morgan fingerprint density at radius 2 is 2.00 bits per heavy atom. The maximum atomic E-state index is 12.6. The molecular formula is C19H21N5O4S3. The van der Waals surface area contributed by atoms with Crippen LogP contribution in [0.4, 0.5) is 5.69 Å². The van der Waals surface area contributed by atoms with E-state index in [9.17, 15) is 18.5 Å². The van der Waals surface area contributed by atoms with Crippen LogP contribution in [0, 0.1) is 10.1 Å². The zero-order valence-corrected chi connectivity index (χ0v) is 19.6. The number of nitro benzene ring substituents is 1. The van der Waals surface area contributed by atoms with Crippen LogP contribution in [0.2, 0.25) is 0 Å². The van der Waals surface area contributed by atoms with Gasteiger partial charge in [0, 0.05) is 17.6 Å². The lowest BCUT2D eigenvalue weighted by atomic mass is 10.1. The largest absolute Gasteiger partial charge is 0.298 e. The molecule has 0 bridgehead atoms. The Balaban J connectivity index is 1.71. The van der Waals surface area contributed by atoms with Gasteiger partial charge in [-0.3, -0.25) is 14.7 Å². The Labute approximate surface area is 188 Å². The second-order valence-electron chi connectivity index (χ2n) is 8.23. The molecule has 0 atom stereocenters. The lowest BCUT2D eigenvalue weighted by Crippen LogP contribution is -2.40. The predicted octanol–water partition coefficient (Wildman–Crippen LogP) is 4.48. The number of thiophene rings is 1. The fourth-order valence-corrected chi connectivity index (χ4v) is 6.17. The molecule has 4 rings (SSSR count).